The fourth-order valence-corrected chi connectivity index (χ4v) is 0.412. The zero-order valence-electron chi connectivity index (χ0n) is 6.92. The zero-order valence-corrected chi connectivity index (χ0v) is 6.92. The first kappa shape index (κ1) is 9.21. The molecule has 0 spiro atoms. The van der Waals surface area contributed by atoms with E-state index in [1.807, 2.05) is 6.92 Å². The van der Waals surface area contributed by atoms with Gasteiger partial charge in [0.25, 0.3) is 0 Å². The highest BCUT2D eigenvalue weighted by atomic mass is 16.3. The van der Waals surface area contributed by atoms with Crippen molar-refractivity contribution in [3.63, 3.8) is 0 Å². The second-order valence-corrected chi connectivity index (χ2v) is 2.04. The third-order valence-corrected chi connectivity index (χ3v) is 0.846. The normalized spacial score (nSPS) is 8.30. The summed E-state index contributed by atoms with van der Waals surface area (Å²) in [4.78, 5) is 3.87. The SMILES string of the molecule is CCC.CCc1cocn1. The van der Waals surface area contributed by atoms with Gasteiger partial charge < -0.3 is 4.42 Å². The number of hydrogen-bond donors (Lipinski definition) is 0. The fraction of sp³-hybridized carbons (Fsp3) is 0.625. The summed E-state index contributed by atoms with van der Waals surface area (Å²) in [6.07, 6.45) is 5.30. The van der Waals surface area contributed by atoms with E-state index in [0.29, 0.717) is 0 Å². The van der Waals surface area contributed by atoms with Crippen LogP contribution in [0.3, 0.4) is 0 Å². The average molecular weight is 141 g/mol. The summed E-state index contributed by atoms with van der Waals surface area (Å²) < 4.78 is 4.69. The molecule has 0 saturated carbocycles. The van der Waals surface area contributed by atoms with Gasteiger partial charge in [-0.1, -0.05) is 27.2 Å². The molecule has 0 radical (unpaired) electrons. The van der Waals surface area contributed by atoms with Gasteiger partial charge in [0.1, 0.15) is 6.26 Å². The highest BCUT2D eigenvalue weighted by molar-refractivity contribution is 4.88. The Morgan fingerprint density at radius 1 is 1.40 bits per heavy atom. The Morgan fingerprint density at radius 2 is 2.00 bits per heavy atom. The Labute approximate surface area is 62.3 Å². The number of hydrogen-bond acceptors (Lipinski definition) is 2. The van der Waals surface area contributed by atoms with Crippen LogP contribution in [-0.4, -0.2) is 4.98 Å². The minimum absolute atomic E-state index is 0.955. The van der Waals surface area contributed by atoms with Crippen molar-refractivity contribution in [1.82, 2.24) is 4.98 Å². The van der Waals surface area contributed by atoms with Crippen LogP contribution < -0.4 is 0 Å². The van der Waals surface area contributed by atoms with Gasteiger partial charge in [0.2, 0.25) is 0 Å². The molecule has 1 aromatic heterocycles. The number of aromatic nitrogens is 1. The van der Waals surface area contributed by atoms with Crippen molar-refractivity contribution < 1.29 is 4.42 Å². The minimum Gasteiger partial charge on any atom is -0.451 e. The maximum absolute atomic E-state index is 4.69. The number of rotatable bonds is 1. The Bertz CT molecular complexity index is 135. The van der Waals surface area contributed by atoms with E-state index >= 15 is 0 Å². The first-order chi connectivity index (χ1) is 4.85. The molecule has 58 valence electrons. The number of oxazole rings is 1. The standard InChI is InChI=1S/C5H7NO.C3H8/c1-2-5-3-7-4-6-5;1-3-2/h3-4H,2H2,1H3;3H2,1-2H3. The zero-order chi connectivity index (χ0) is 7.82. The van der Waals surface area contributed by atoms with E-state index in [9.17, 15) is 0 Å². The van der Waals surface area contributed by atoms with Gasteiger partial charge in [-0.05, 0) is 6.42 Å². The molecule has 1 rings (SSSR count). The molecule has 0 saturated heterocycles. The van der Waals surface area contributed by atoms with E-state index in [0.717, 1.165) is 12.1 Å². The predicted molar refractivity (Wildman–Crippen MR) is 41.8 cm³/mol. The van der Waals surface area contributed by atoms with Crippen LogP contribution in [0.1, 0.15) is 32.9 Å². The lowest BCUT2D eigenvalue weighted by Gasteiger charge is -1.75. The summed E-state index contributed by atoms with van der Waals surface area (Å²) in [6, 6.07) is 0. The van der Waals surface area contributed by atoms with E-state index in [2.05, 4.69) is 18.8 Å². The van der Waals surface area contributed by atoms with E-state index in [-0.39, 0.29) is 0 Å². The molecule has 0 bridgehead atoms. The monoisotopic (exact) mass is 141 g/mol. The lowest BCUT2D eigenvalue weighted by Crippen LogP contribution is -1.73. The minimum atomic E-state index is 0.955. The van der Waals surface area contributed by atoms with Gasteiger partial charge in [-0.3, -0.25) is 0 Å². The third kappa shape index (κ3) is 4.13. The van der Waals surface area contributed by atoms with Crippen LogP contribution in [0.5, 0.6) is 0 Å². The van der Waals surface area contributed by atoms with Gasteiger partial charge in [0.05, 0.1) is 5.69 Å². The maximum atomic E-state index is 4.69. The van der Waals surface area contributed by atoms with Crippen LogP contribution in [0.25, 0.3) is 0 Å². The summed E-state index contributed by atoms with van der Waals surface area (Å²) >= 11 is 0. The maximum Gasteiger partial charge on any atom is 0.180 e. The number of nitrogens with zero attached hydrogens (tertiary/aromatic N) is 1. The van der Waals surface area contributed by atoms with E-state index in [4.69, 9.17) is 4.42 Å². The lowest BCUT2D eigenvalue weighted by atomic mass is 10.4. The van der Waals surface area contributed by atoms with Gasteiger partial charge >= 0.3 is 0 Å². The van der Waals surface area contributed by atoms with Gasteiger partial charge in [0, 0.05) is 0 Å². The number of aryl methyl sites for hydroxylation is 1. The predicted octanol–water partition coefficient (Wildman–Crippen LogP) is 2.65. The third-order valence-electron chi connectivity index (χ3n) is 0.846. The summed E-state index contributed by atoms with van der Waals surface area (Å²) in [5, 5.41) is 0. The van der Waals surface area contributed by atoms with E-state index in [1.165, 1.54) is 12.8 Å². The first-order valence-corrected chi connectivity index (χ1v) is 3.72. The van der Waals surface area contributed by atoms with Crippen molar-refractivity contribution >= 4 is 0 Å². The molecule has 0 unspecified atom stereocenters. The van der Waals surface area contributed by atoms with Crippen molar-refractivity contribution in [2.45, 2.75) is 33.6 Å². The van der Waals surface area contributed by atoms with E-state index < -0.39 is 0 Å². The molecule has 10 heavy (non-hydrogen) atoms. The van der Waals surface area contributed by atoms with Crippen LogP contribution in [0.2, 0.25) is 0 Å². The molecule has 0 atom stereocenters. The van der Waals surface area contributed by atoms with E-state index in [1.54, 1.807) is 6.26 Å². The molecule has 1 aromatic rings. The van der Waals surface area contributed by atoms with Crippen molar-refractivity contribution in [1.29, 1.82) is 0 Å². The van der Waals surface area contributed by atoms with Crippen molar-refractivity contribution in [2.75, 3.05) is 0 Å². The molecule has 2 heteroatoms. The van der Waals surface area contributed by atoms with Crippen molar-refractivity contribution in [3.05, 3.63) is 18.4 Å². The molecular weight excluding hydrogens is 126 g/mol. The highest BCUT2D eigenvalue weighted by Crippen LogP contribution is 1.92. The molecule has 0 N–H and O–H groups in total. The van der Waals surface area contributed by atoms with Crippen LogP contribution >= 0.6 is 0 Å². The van der Waals surface area contributed by atoms with Crippen LogP contribution in [-0.2, 0) is 6.42 Å². The second-order valence-electron chi connectivity index (χ2n) is 2.04. The van der Waals surface area contributed by atoms with Gasteiger partial charge in [-0.15, -0.1) is 0 Å². The first-order valence-electron chi connectivity index (χ1n) is 3.72. The Hall–Kier alpha value is -0.790. The lowest BCUT2D eigenvalue weighted by molar-refractivity contribution is 0.556. The van der Waals surface area contributed by atoms with Gasteiger partial charge in [0.15, 0.2) is 6.39 Å². The largest absolute Gasteiger partial charge is 0.451 e. The Kier molecular flexibility index (Phi) is 5.83. The topological polar surface area (TPSA) is 26.0 Å². The summed E-state index contributed by atoms with van der Waals surface area (Å²) in [6.45, 7) is 6.29. The summed E-state index contributed by atoms with van der Waals surface area (Å²) in [7, 11) is 0. The molecule has 0 aromatic carbocycles. The Morgan fingerprint density at radius 3 is 2.20 bits per heavy atom. The van der Waals surface area contributed by atoms with Crippen LogP contribution in [0, 0.1) is 0 Å². The van der Waals surface area contributed by atoms with Crippen LogP contribution in [0.15, 0.2) is 17.1 Å². The summed E-state index contributed by atoms with van der Waals surface area (Å²) in [5.41, 5.74) is 1.01. The molecule has 2 nitrogen and oxygen atoms in total. The molecule has 0 fully saturated rings. The molecular formula is C8H15NO. The molecule has 1 heterocycles. The fourth-order valence-electron chi connectivity index (χ4n) is 0.412. The van der Waals surface area contributed by atoms with Gasteiger partial charge in [-0.25, -0.2) is 4.98 Å². The quantitative estimate of drug-likeness (QED) is 0.601. The molecule has 0 aliphatic carbocycles. The Balaban J connectivity index is 0.000000236. The average Bonchev–Trinajstić information content (AvgIpc) is 2.39. The van der Waals surface area contributed by atoms with Crippen molar-refractivity contribution in [2.24, 2.45) is 0 Å². The second kappa shape index (κ2) is 6.33. The van der Waals surface area contributed by atoms with Crippen LogP contribution in [0.4, 0.5) is 0 Å². The van der Waals surface area contributed by atoms with Gasteiger partial charge in [-0.2, -0.15) is 0 Å². The molecule has 0 aliphatic rings. The molecule has 0 aliphatic heterocycles. The summed E-state index contributed by atoms with van der Waals surface area (Å²) in [5.74, 6) is 0. The highest BCUT2D eigenvalue weighted by Gasteiger charge is 1.85. The molecule has 0 amide bonds. The smallest absolute Gasteiger partial charge is 0.180 e. The van der Waals surface area contributed by atoms with Crippen molar-refractivity contribution in [3.8, 4) is 0 Å².